The molecule has 70 valence electrons. The van der Waals surface area contributed by atoms with E-state index in [2.05, 4.69) is 0 Å². The second-order valence-corrected chi connectivity index (χ2v) is 2.79. The highest BCUT2D eigenvalue weighted by Gasteiger charge is 2.36. The summed E-state index contributed by atoms with van der Waals surface area (Å²) >= 11 is 0. The Balaban J connectivity index is 2.72. The first-order chi connectivity index (χ1) is 5.57. The molecule has 0 aromatic carbocycles. The minimum atomic E-state index is -1.30. The van der Waals surface area contributed by atoms with Gasteiger partial charge in [0.15, 0.2) is 0 Å². The third kappa shape index (κ3) is 1.50. The highest BCUT2D eigenvalue weighted by molar-refractivity contribution is 5.25. The van der Waals surface area contributed by atoms with Crippen LogP contribution in [0, 0.1) is 0 Å². The van der Waals surface area contributed by atoms with Crippen molar-refractivity contribution in [3.8, 4) is 0 Å². The van der Waals surface area contributed by atoms with Gasteiger partial charge in [-0.15, -0.1) is 0 Å². The highest BCUT2D eigenvalue weighted by atomic mass is 16.4. The Bertz CT molecular complexity index is 190. The molecule has 0 bridgehead atoms. The standard InChI is InChI=1S/C7H12O5/c8-2-5(10)3-1-4(9)7(12)6(3)11/h1,4-12H,2H2. The largest absolute Gasteiger partial charge is 0.393 e. The van der Waals surface area contributed by atoms with E-state index in [1.807, 2.05) is 0 Å². The Hall–Kier alpha value is -0.460. The zero-order chi connectivity index (χ0) is 9.30. The molecule has 0 fully saturated rings. The molecule has 0 heterocycles. The van der Waals surface area contributed by atoms with Crippen molar-refractivity contribution in [3.63, 3.8) is 0 Å². The summed E-state index contributed by atoms with van der Waals surface area (Å²) in [6.07, 6.45) is -3.83. The fourth-order valence-electron chi connectivity index (χ4n) is 1.19. The molecule has 5 heteroatoms. The molecule has 0 radical (unpaired) electrons. The summed E-state index contributed by atoms with van der Waals surface area (Å²) in [5, 5.41) is 44.8. The van der Waals surface area contributed by atoms with E-state index >= 15 is 0 Å². The summed E-state index contributed by atoms with van der Waals surface area (Å²) in [6.45, 7) is -0.539. The molecule has 0 saturated carbocycles. The van der Waals surface area contributed by atoms with Crippen molar-refractivity contribution in [1.82, 2.24) is 0 Å². The van der Waals surface area contributed by atoms with Crippen LogP contribution >= 0.6 is 0 Å². The second-order valence-electron chi connectivity index (χ2n) is 2.79. The smallest absolute Gasteiger partial charge is 0.113 e. The van der Waals surface area contributed by atoms with Gasteiger partial charge in [-0.2, -0.15) is 0 Å². The molecule has 0 saturated heterocycles. The quantitative estimate of drug-likeness (QED) is 0.296. The maximum absolute atomic E-state index is 9.18. The van der Waals surface area contributed by atoms with Gasteiger partial charge in [-0.25, -0.2) is 0 Å². The lowest BCUT2D eigenvalue weighted by molar-refractivity contribution is -0.0181. The Morgan fingerprint density at radius 1 is 1.33 bits per heavy atom. The van der Waals surface area contributed by atoms with Crippen LogP contribution in [-0.4, -0.2) is 56.6 Å². The average Bonchev–Trinajstić information content (AvgIpc) is 2.32. The molecule has 1 rings (SSSR count). The summed E-state index contributed by atoms with van der Waals surface area (Å²) < 4.78 is 0. The van der Waals surface area contributed by atoms with Crippen LogP contribution < -0.4 is 0 Å². The monoisotopic (exact) mass is 176 g/mol. The van der Waals surface area contributed by atoms with Gasteiger partial charge in [0.2, 0.25) is 0 Å². The van der Waals surface area contributed by atoms with Crippen LogP contribution in [0.4, 0.5) is 0 Å². The van der Waals surface area contributed by atoms with E-state index < -0.39 is 31.0 Å². The Morgan fingerprint density at radius 3 is 2.25 bits per heavy atom. The number of aliphatic hydroxyl groups is 5. The van der Waals surface area contributed by atoms with Crippen LogP contribution in [0.2, 0.25) is 0 Å². The minimum absolute atomic E-state index is 0.0671. The molecule has 12 heavy (non-hydrogen) atoms. The van der Waals surface area contributed by atoms with Crippen LogP contribution in [0.3, 0.4) is 0 Å². The number of hydrogen-bond acceptors (Lipinski definition) is 5. The molecule has 0 aromatic heterocycles. The summed E-state index contributed by atoms with van der Waals surface area (Å²) in [4.78, 5) is 0. The van der Waals surface area contributed by atoms with Gasteiger partial charge >= 0.3 is 0 Å². The third-order valence-corrected chi connectivity index (χ3v) is 1.94. The van der Waals surface area contributed by atoms with E-state index in [1.54, 1.807) is 0 Å². The summed E-state index contributed by atoms with van der Waals surface area (Å²) in [7, 11) is 0. The van der Waals surface area contributed by atoms with E-state index in [0.717, 1.165) is 6.08 Å². The summed E-state index contributed by atoms with van der Waals surface area (Å²) in [5.41, 5.74) is 0.0671. The van der Waals surface area contributed by atoms with Gasteiger partial charge in [-0.05, 0) is 11.6 Å². The van der Waals surface area contributed by atoms with Crippen molar-refractivity contribution in [1.29, 1.82) is 0 Å². The van der Waals surface area contributed by atoms with Crippen molar-refractivity contribution in [3.05, 3.63) is 11.6 Å². The van der Waals surface area contributed by atoms with Gasteiger partial charge in [-0.3, -0.25) is 0 Å². The van der Waals surface area contributed by atoms with E-state index in [4.69, 9.17) is 20.4 Å². The molecule has 0 spiro atoms. The summed E-state index contributed by atoms with van der Waals surface area (Å²) in [6, 6.07) is 0. The van der Waals surface area contributed by atoms with Gasteiger partial charge in [0, 0.05) is 0 Å². The fraction of sp³-hybridized carbons (Fsp3) is 0.714. The molecular formula is C7H12O5. The number of aliphatic hydroxyl groups excluding tert-OH is 5. The molecule has 4 unspecified atom stereocenters. The predicted molar refractivity (Wildman–Crippen MR) is 39.2 cm³/mol. The topological polar surface area (TPSA) is 101 Å². The zero-order valence-corrected chi connectivity index (χ0v) is 6.33. The third-order valence-electron chi connectivity index (χ3n) is 1.94. The molecular weight excluding hydrogens is 164 g/mol. The highest BCUT2D eigenvalue weighted by Crippen LogP contribution is 2.22. The van der Waals surface area contributed by atoms with Crippen LogP contribution in [-0.2, 0) is 0 Å². The lowest BCUT2D eigenvalue weighted by Gasteiger charge is -2.16. The fourth-order valence-corrected chi connectivity index (χ4v) is 1.19. The van der Waals surface area contributed by atoms with Gasteiger partial charge < -0.3 is 25.5 Å². The number of hydrogen-bond donors (Lipinski definition) is 5. The second kappa shape index (κ2) is 3.51. The Morgan fingerprint density at radius 2 is 1.92 bits per heavy atom. The molecule has 0 aliphatic heterocycles. The zero-order valence-electron chi connectivity index (χ0n) is 6.33. The number of rotatable bonds is 2. The Labute approximate surface area is 69.2 Å². The summed E-state index contributed by atoms with van der Waals surface area (Å²) in [5.74, 6) is 0. The van der Waals surface area contributed by atoms with Crippen molar-refractivity contribution in [2.45, 2.75) is 24.4 Å². The van der Waals surface area contributed by atoms with Crippen LogP contribution in [0.5, 0.6) is 0 Å². The molecule has 1 aliphatic rings. The SMILES string of the molecule is OCC(O)C1=CC(O)C(O)C1O. The minimum Gasteiger partial charge on any atom is -0.393 e. The van der Waals surface area contributed by atoms with Crippen molar-refractivity contribution < 1.29 is 25.5 Å². The van der Waals surface area contributed by atoms with Crippen LogP contribution in [0.15, 0.2) is 11.6 Å². The normalized spacial score (nSPS) is 38.1. The molecule has 5 nitrogen and oxygen atoms in total. The van der Waals surface area contributed by atoms with Gasteiger partial charge in [0.1, 0.15) is 24.4 Å². The first-order valence-corrected chi connectivity index (χ1v) is 3.62. The van der Waals surface area contributed by atoms with E-state index in [-0.39, 0.29) is 5.57 Å². The van der Waals surface area contributed by atoms with E-state index in [0.29, 0.717) is 0 Å². The van der Waals surface area contributed by atoms with Gasteiger partial charge in [0.05, 0.1) is 6.61 Å². The lowest BCUT2D eigenvalue weighted by Crippen LogP contribution is -2.33. The van der Waals surface area contributed by atoms with Crippen molar-refractivity contribution in [2.24, 2.45) is 0 Å². The van der Waals surface area contributed by atoms with E-state index in [9.17, 15) is 5.11 Å². The van der Waals surface area contributed by atoms with E-state index in [1.165, 1.54) is 0 Å². The van der Waals surface area contributed by atoms with Crippen molar-refractivity contribution >= 4 is 0 Å². The molecule has 5 N–H and O–H groups in total. The van der Waals surface area contributed by atoms with Gasteiger partial charge in [-0.1, -0.05) is 0 Å². The first-order valence-electron chi connectivity index (χ1n) is 3.62. The van der Waals surface area contributed by atoms with Gasteiger partial charge in [0.25, 0.3) is 0 Å². The molecule has 0 amide bonds. The maximum atomic E-state index is 9.18. The first kappa shape index (κ1) is 9.63. The molecule has 4 atom stereocenters. The maximum Gasteiger partial charge on any atom is 0.113 e. The average molecular weight is 176 g/mol. The Kier molecular flexibility index (Phi) is 2.81. The van der Waals surface area contributed by atoms with Crippen LogP contribution in [0.25, 0.3) is 0 Å². The van der Waals surface area contributed by atoms with Crippen molar-refractivity contribution in [2.75, 3.05) is 6.61 Å². The van der Waals surface area contributed by atoms with Crippen LogP contribution in [0.1, 0.15) is 0 Å². The predicted octanol–water partition coefficient (Wildman–Crippen LogP) is -2.64. The lowest BCUT2D eigenvalue weighted by atomic mass is 10.1. The molecule has 0 aromatic rings. The molecule has 1 aliphatic carbocycles.